The van der Waals surface area contributed by atoms with Crippen LogP contribution in [0.4, 0.5) is 17.1 Å². The molecule has 8 nitrogen and oxygen atoms in total. The van der Waals surface area contributed by atoms with Gasteiger partial charge in [-0.05, 0) is 71.5 Å². The van der Waals surface area contributed by atoms with Crippen molar-refractivity contribution in [1.82, 2.24) is 14.8 Å². The lowest BCUT2D eigenvalue weighted by Crippen LogP contribution is -2.31. The highest BCUT2D eigenvalue weighted by molar-refractivity contribution is 6.19. The van der Waals surface area contributed by atoms with Gasteiger partial charge in [-0.2, -0.15) is 0 Å². The maximum absolute atomic E-state index is 11.9. The number of rotatable bonds is 9. The number of aromatic hydroxyl groups is 1. The Morgan fingerprint density at radius 2 is 1.76 bits per heavy atom. The first-order chi connectivity index (χ1) is 14.9. The van der Waals surface area contributed by atoms with Crippen LogP contribution in [0.5, 0.6) is 5.75 Å². The van der Waals surface area contributed by atoms with Crippen LogP contribution in [-0.4, -0.2) is 80.7 Å². The number of pyridine rings is 1. The second-order valence-corrected chi connectivity index (χ2v) is 8.54. The van der Waals surface area contributed by atoms with Crippen molar-refractivity contribution >= 4 is 70.1 Å². The third kappa shape index (κ3) is 5.35. The van der Waals surface area contributed by atoms with Crippen LogP contribution in [0.15, 0.2) is 30.3 Å². The largest absolute Gasteiger partial charge is 0.508 e. The number of fused-ring (bicyclic) bond motifs is 2. The Balaban J connectivity index is 0.00000193. The summed E-state index contributed by atoms with van der Waals surface area (Å²) in [5.41, 5.74) is 7.87. The molecule has 1 aliphatic rings. The zero-order valence-corrected chi connectivity index (χ0v) is 21.0. The zero-order valence-electron chi connectivity index (χ0n) is 19.4. The standard InChI is InChI=1S/C23H30N6O2.2ClH/c1-26(2)10-5-11-29-19-8-9-20(28(15-30)13-12-27(3)4)23-21(19)22(25-29)17-14-16(31)6-7-18(17)24-23;;/h6-9,14-15,25,31H,5,10-13H2,1-4H3;2*1H. The highest BCUT2D eigenvalue weighted by Crippen LogP contribution is 2.46. The molecular weight excluding hydrogens is 463 g/mol. The molecular formula is C23H32Cl2N6O2. The van der Waals surface area contributed by atoms with Crippen LogP contribution < -0.4 is 15.3 Å². The molecule has 2 aromatic carbocycles. The van der Waals surface area contributed by atoms with E-state index in [2.05, 4.69) is 40.4 Å². The van der Waals surface area contributed by atoms with E-state index in [9.17, 15) is 9.90 Å². The minimum Gasteiger partial charge on any atom is -0.508 e. The van der Waals surface area contributed by atoms with E-state index in [0.29, 0.717) is 6.54 Å². The van der Waals surface area contributed by atoms with Crippen LogP contribution >= 0.6 is 24.8 Å². The lowest BCUT2D eigenvalue weighted by atomic mass is 10.1. The van der Waals surface area contributed by atoms with Gasteiger partial charge in [-0.1, -0.05) is 0 Å². The quantitative estimate of drug-likeness (QED) is 0.347. The third-order valence-electron chi connectivity index (χ3n) is 5.62. The highest BCUT2D eigenvalue weighted by atomic mass is 35.5. The van der Waals surface area contributed by atoms with Crippen LogP contribution in [0.1, 0.15) is 6.42 Å². The van der Waals surface area contributed by atoms with Crippen molar-refractivity contribution in [2.24, 2.45) is 0 Å². The molecule has 2 heterocycles. The van der Waals surface area contributed by atoms with Crippen molar-refractivity contribution in [3.8, 4) is 5.75 Å². The molecule has 0 unspecified atom stereocenters. The molecule has 0 saturated carbocycles. The fourth-order valence-electron chi connectivity index (χ4n) is 4.03. The van der Waals surface area contributed by atoms with E-state index in [4.69, 9.17) is 4.98 Å². The van der Waals surface area contributed by atoms with E-state index in [-0.39, 0.29) is 30.6 Å². The number of likely N-dealkylation sites (N-methyl/N-ethyl adjacent to an activating group) is 1. The van der Waals surface area contributed by atoms with E-state index < -0.39 is 0 Å². The summed E-state index contributed by atoms with van der Waals surface area (Å²) in [5.74, 6) is 0.205. The van der Waals surface area contributed by atoms with Crippen molar-refractivity contribution in [3.63, 3.8) is 0 Å². The average Bonchev–Trinajstić information content (AvgIpc) is 3.09. The molecule has 0 radical (unpaired) electrons. The summed E-state index contributed by atoms with van der Waals surface area (Å²) >= 11 is 0. The van der Waals surface area contributed by atoms with E-state index >= 15 is 0 Å². The molecule has 0 bridgehead atoms. The molecule has 1 amide bonds. The van der Waals surface area contributed by atoms with Gasteiger partial charge < -0.3 is 19.8 Å². The second-order valence-electron chi connectivity index (χ2n) is 8.54. The summed E-state index contributed by atoms with van der Waals surface area (Å²) in [4.78, 5) is 22.8. The van der Waals surface area contributed by atoms with Gasteiger partial charge in [0.25, 0.3) is 0 Å². The Labute approximate surface area is 206 Å². The predicted octanol–water partition coefficient (Wildman–Crippen LogP) is 3.56. The molecule has 3 aromatic rings. The predicted molar refractivity (Wildman–Crippen MR) is 142 cm³/mol. The molecule has 0 saturated heterocycles. The van der Waals surface area contributed by atoms with Gasteiger partial charge in [0.15, 0.2) is 0 Å². The third-order valence-corrected chi connectivity index (χ3v) is 5.62. The normalized spacial score (nSPS) is 12.1. The van der Waals surface area contributed by atoms with Crippen LogP contribution in [0, 0.1) is 0 Å². The first-order valence-corrected chi connectivity index (χ1v) is 10.5. The summed E-state index contributed by atoms with van der Waals surface area (Å²) in [6.07, 6.45) is 1.87. The molecule has 10 heteroatoms. The van der Waals surface area contributed by atoms with Crippen LogP contribution in [-0.2, 0) is 4.79 Å². The average molecular weight is 495 g/mol. The molecule has 2 N–H and O–H groups in total. The number of anilines is 3. The summed E-state index contributed by atoms with van der Waals surface area (Å²) in [7, 11) is 8.12. The van der Waals surface area contributed by atoms with Gasteiger partial charge in [0.1, 0.15) is 5.75 Å². The van der Waals surface area contributed by atoms with Crippen molar-refractivity contribution in [1.29, 1.82) is 0 Å². The first-order valence-electron chi connectivity index (χ1n) is 10.5. The Morgan fingerprint density at radius 3 is 2.42 bits per heavy atom. The first kappa shape index (κ1) is 26.7. The molecule has 0 aliphatic carbocycles. The molecule has 180 valence electrons. The number of hydrazine groups is 1. The lowest BCUT2D eigenvalue weighted by molar-refractivity contribution is -0.107. The number of halogens is 2. The number of phenols is 1. The maximum Gasteiger partial charge on any atom is 0.214 e. The maximum atomic E-state index is 11.9. The minimum absolute atomic E-state index is 0. The van der Waals surface area contributed by atoms with Crippen LogP contribution in [0.2, 0.25) is 0 Å². The topological polar surface area (TPSA) is 75.2 Å². The second kappa shape index (κ2) is 11.1. The van der Waals surface area contributed by atoms with Crippen molar-refractivity contribution < 1.29 is 9.90 Å². The molecule has 0 fully saturated rings. The Morgan fingerprint density at radius 1 is 1.03 bits per heavy atom. The summed E-state index contributed by atoms with van der Waals surface area (Å²) < 4.78 is 0. The van der Waals surface area contributed by atoms with Crippen molar-refractivity contribution in [3.05, 3.63) is 30.3 Å². The van der Waals surface area contributed by atoms with Gasteiger partial charge in [0, 0.05) is 25.0 Å². The van der Waals surface area contributed by atoms with Crippen molar-refractivity contribution in [2.75, 3.05) is 69.7 Å². The Kier molecular flexibility index (Phi) is 8.97. The van der Waals surface area contributed by atoms with Gasteiger partial charge in [-0.3, -0.25) is 15.2 Å². The number of hydrogen-bond donors (Lipinski definition) is 2. The number of carbonyl (C=O) groups excluding carboxylic acids is 1. The fraction of sp³-hybridized carbons (Fsp3) is 0.391. The lowest BCUT2D eigenvalue weighted by Gasteiger charge is -2.23. The number of benzene rings is 2. The number of aromatic nitrogens is 1. The van der Waals surface area contributed by atoms with Crippen LogP contribution in [0.25, 0.3) is 21.8 Å². The number of phenolic OH excluding ortho intramolecular Hbond substituents is 1. The molecule has 1 aromatic heterocycles. The number of hydrogen-bond acceptors (Lipinski definition) is 7. The summed E-state index contributed by atoms with van der Waals surface area (Å²) in [5, 5.41) is 14.1. The SMILES string of the molecule is CN(C)CCCN1Nc2c3cc(O)ccc3nc3c(N(C=O)CCN(C)C)ccc1c23.Cl.Cl. The molecule has 0 spiro atoms. The van der Waals surface area contributed by atoms with Gasteiger partial charge in [-0.15, -0.1) is 24.8 Å². The highest BCUT2D eigenvalue weighted by Gasteiger charge is 2.27. The number of amides is 1. The van der Waals surface area contributed by atoms with E-state index in [0.717, 1.165) is 71.3 Å². The summed E-state index contributed by atoms with van der Waals surface area (Å²) in [6, 6.07) is 9.24. The monoisotopic (exact) mass is 494 g/mol. The Hall–Kier alpha value is -2.52. The van der Waals surface area contributed by atoms with Gasteiger partial charge in [0.05, 0.1) is 33.5 Å². The number of nitrogens with zero attached hydrogens (tertiary/aromatic N) is 5. The van der Waals surface area contributed by atoms with Crippen LogP contribution in [0.3, 0.4) is 0 Å². The minimum atomic E-state index is 0. The molecule has 33 heavy (non-hydrogen) atoms. The van der Waals surface area contributed by atoms with E-state index in [1.54, 1.807) is 17.0 Å². The zero-order chi connectivity index (χ0) is 22.1. The van der Waals surface area contributed by atoms with Gasteiger partial charge >= 0.3 is 0 Å². The van der Waals surface area contributed by atoms with Gasteiger partial charge in [0.2, 0.25) is 6.41 Å². The van der Waals surface area contributed by atoms with Gasteiger partial charge in [-0.25, -0.2) is 4.98 Å². The molecule has 1 aliphatic heterocycles. The molecule has 4 rings (SSSR count). The van der Waals surface area contributed by atoms with E-state index in [1.165, 1.54) is 0 Å². The summed E-state index contributed by atoms with van der Waals surface area (Å²) in [6.45, 7) is 3.15. The van der Waals surface area contributed by atoms with Crippen molar-refractivity contribution in [2.45, 2.75) is 6.42 Å². The smallest absolute Gasteiger partial charge is 0.214 e. The Bertz CT molecular complexity index is 1130. The van der Waals surface area contributed by atoms with E-state index in [1.807, 2.05) is 26.2 Å². The molecule has 0 atom stereocenters. The fourth-order valence-corrected chi connectivity index (χ4v) is 4.03. The number of carbonyl (C=O) groups is 1. The number of nitrogens with one attached hydrogen (secondary N) is 1.